The first-order valence-corrected chi connectivity index (χ1v) is 7.26. The van der Waals surface area contributed by atoms with Gasteiger partial charge in [-0.3, -0.25) is 0 Å². The lowest BCUT2D eigenvalue weighted by molar-refractivity contribution is 1.53. The van der Waals surface area contributed by atoms with Crippen molar-refractivity contribution >= 4 is 65.0 Å². The fourth-order valence-electron chi connectivity index (χ4n) is 1.14. The van der Waals surface area contributed by atoms with Gasteiger partial charge in [-0.05, 0) is 50.2 Å². The maximum absolute atomic E-state index is 3.55. The zero-order chi connectivity index (χ0) is 9.42. The molecule has 0 amide bonds. The molecule has 0 bridgehead atoms. The maximum atomic E-state index is 3.55. The van der Waals surface area contributed by atoms with Crippen molar-refractivity contribution in [3.63, 3.8) is 0 Å². The molecule has 0 atom stereocenters. The van der Waals surface area contributed by atoms with Crippen LogP contribution < -0.4 is 0 Å². The molecule has 4 heteroatoms. The van der Waals surface area contributed by atoms with Crippen molar-refractivity contribution in [1.82, 2.24) is 0 Å². The molecule has 0 fully saturated rings. The van der Waals surface area contributed by atoms with E-state index in [1.807, 2.05) is 0 Å². The van der Waals surface area contributed by atoms with Gasteiger partial charge in [0.15, 0.2) is 0 Å². The Bertz CT molecular complexity index is 448. The fourth-order valence-corrected chi connectivity index (χ4v) is 3.97. The third kappa shape index (κ3) is 1.82. The van der Waals surface area contributed by atoms with Crippen molar-refractivity contribution in [3.05, 3.63) is 26.5 Å². The molecule has 0 nitrogen and oxygen atoms in total. The Kier molecular flexibility index (Phi) is 3.03. The summed E-state index contributed by atoms with van der Waals surface area (Å²) in [5.74, 6) is 0. The number of thiophene rings is 1. The second-order valence-corrected chi connectivity index (χ2v) is 6.59. The van der Waals surface area contributed by atoms with Crippen molar-refractivity contribution < 1.29 is 0 Å². The molecule has 0 radical (unpaired) electrons. The predicted molar refractivity (Wildman–Crippen MR) is 69.0 cm³/mol. The van der Waals surface area contributed by atoms with Crippen LogP contribution in [0.3, 0.4) is 0 Å². The number of hydrogen-bond donors (Lipinski definition) is 0. The molecular formula is C9H6Br2S2. The molecule has 1 aromatic heterocycles. The maximum Gasteiger partial charge on any atom is 0.0853 e. The monoisotopic (exact) mass is 336 g/mol. The van der Waals surface area contributed by atoms with Gasteiger partial charge in [-0.25, -0.2) is 0 Å². The average Bonchev–Trinajstić information content (AvgIpc) is 2.42. The molecule has 0 unspecified atom stereocenters. The summed E-state index contributed by atoms with van der Waals surface area (Å²) in [6.45, 7) is 0. The van der Waals surface area contributed by atoms with Crippen LogP contribution in [-0.2, 0) is 0 Å². The zero-order valence-electron chi connectivity index (χ0n) is 6.80. The molecule has 0 aliphatic carbocycles. The molecule has 0 saturated carbocycles. The van der Waals surface area contributed by atoms with Crippen LogP contribution in [-0.4, -0.2) is 6.26 Å². The number of rotatable bonds is 1. The second-order valence-electron chi connectivity index (χ2n) is 2.55. The van der Waals surface area contributed by atoms with E-state index in [0.29, 0.717) is 0 Å². The van der Waals surface area contributed by atoms with Gasteiger partial charge in [0.05, 0.1) is 8.26 Å². The lowest BCUT2D eigenvalue weighted by atomic mass is 10.3. The summed E-state index contributed by atoms with van der Waals surface area (Å²) in [7, 11) is 0. The summed E-state index contributed by atoms with van der Waals surface area (Å²) in [5.41, 5.74) is 0. The quantitative estimate of drug-likeness (QED) is 0.648. The Morgan fingerprint density at radius 3 is 2.77 bits per heavy atom. The van der Waals surface area contributed by atoms with Gasteiger partial charge < -0.3 is 0 Å². The van der Waals surface area contributed by atoms with Crippen molar-refractivity contribution in [3.8, 4) is 0 Å². The highest BCUT2D eigenvalue weighted by atomic mass is 79.9. The van der Waals surface area contributed by atoms with Crippen LogP contribution in [0.15, 0.2) is 31.4 Å². The van der Waals surface area contributed by atoms with Gasteiger partial charge in [-0.1, -0.05) is 6.07 Å². The number of benzene rings is 1. The summed E-state index contributed by atoms with van der Waals surface area (Å²) < 4.78 is 3.66. The average molecular weight is 338 g/mol. The number of hydrogen-bond acceptors (Lipinski definition) is 2. The van der Waals surface area contributed by atoms with Crippen molar-refractivity contribution in [2.24, 2.45) is 0 Å². The van der Waals surface area contributed by atoms with Gasteiger partial charge >= 0.3 is 0 Å². The third-order valence-electron chi connectivity index (χ3n) is 1.80. The Hall–Kier alpha value is 0.490. The van der Waals surface area contributed by atoms with E-state index in [4.69, 9.17) is 0 Å². The summed E-state index contributed by atoms with van der Waals surface area (Å²) in [4.78, 5) is 1.31. The van der Waals surface area contributed by atoms with Crippen LogP contribution in [0.4, 0.5) is 0 Å². The highest BCUT2D eigenvalue weighted by Gasteiger charge is 2.07. The second kappa shape index (κ2) is 3.93. The van der Waals surface area contributed by atoms with E-state index in [9.17, 15) is 0 Å². The van der Waals surface area contributed by atoms with E-state index >= 15 is 0 Å². The molecular weight excluding hydrogens is 332 g/mol. The summed E-state index contributed by atoms with van der Waals surface area (Å²) in [5, 5.41) is 1.29. The number of fused-ring (bicyclic) bond motifs is 1. The highest BCUT2D eigenvalue weighted by Crippen LogP contribution is 2.40. The first-order chi connectivity index (χ1) is 6.22. The van der Waals surface area contributed by atoms with Gasteiger partial charge in [0.2, 0.25) is 0 Å². The predicted octanol–water partition coefficient (Wildman–Crippen LogP) is 5.15. The first kappa shape index (κ1) is 10.0. The van der Waals surface area contributed by atoms with Crippen LogP contribution in [0.25, 0.3) is 10.1 Å². The van der Waals surface area contributed by atoms with E-state index in [-0.39, 0.29) is 0 Å². The topological polar surface area (TPSA) is 0 Å². The van der Waals surface area contributed by atoms with Crippen molar-refractivity contribution in [2.45, 2.75) is 4.90 Å². The third-order valence-corrected chi connectivity index (χ3v) is 5.96. The highest BCUT2D eigenvalue weighted by molar-refractivity contribution is 9.13. The molecule has 1 heterocycles. The van der Waals surface area contributed by atoms with Gasteiger partial charge in [0.25, 0.3) is 0 Å². The smallest absolute Gasteiger partial charge is 0.0853 e. The Morgan fingerprint density at radius 2 is 2.08 bits per heavy atom. The van der Waals surface area contributed by atoms with Crippen molar-refractivity contribution in [2.75, 3.05) is 6.26 Å². The fraction of sp³-hybridized carbons (Fsp3) is 0.111. The lowest BCUT2D eigenvalue weighted by Crippen LogP contribution is -1.68. The van der Waals surface area contributed by atoms with E-state index in [0.717, 1.165) is 0 Å². The van der Waals surface area contributed by atoms with E-state index in [1.165, 1.54) is 23.2 Å². The Morgan fingerprint density at radius 1 is 1.31 bits per heavy atom. The molecule has 0 aliphatic rings. The van der Waals surface area contributed by atoms with Crippen LogP contribution >= 0.6 is 55.0 Å². The van der Waals surface area contributed by atoms with E-state index < -0.39 is 0 Å². The summed E-state index contributed by atoms with van der Waals surface area (Å²) >= 11 is 10.6. The summed E-state index contributed by atoms with van der Waals surface area (Å²) in [6.07, 6.45) is 2.10. The molecule has 13 heavy (non-hydrogen) atoms. The minimum atomic E-state index is 1.17. The van der Waals surface area contributed by atoms with Crippen LogP contribution in [0.2, 0.25) is 0 Å². The van der Waals surface area contributed by atoms with E-state index in [1.54, 1.807) is 23.1 Å². The molecule has 68 valence electrons. The molecule has 0 spiro atoms. The number of thioether (sulfide) groups is 1. The van der Waals surface area contributed by atoms with Gasteiger partial charge in [0, 0.05) is 15.0 Å². The lowest BCUT2D eigenvalue weighted by Gasteiger charge is -1.95. The molecule has 2 rings (SSSR count). The first-order valence-electron chi connectivity index (χ1n) is 3.64. The minimum Gasteiger partial charge on any atom is -0.130 e. The van der Waals surface area contributed by atoms with Gasteiger partial charge in [-0.2, -0.15) is 0 Å². The Balaban J connectivity index is 2.73. The Labute approximate surface area is 102 Å². The standard InChI is InChI=1S/C9H6Br2S2/c1-12-5-2-3-6-7(4-5)13-9(11)8(6)10/h2-4H,1H3. The largest absolute Gasteiger partial charge is 0.130 e. The molecule has 1 aromatic carbocycles. The van der Waals surface area contributed by atoms with Gasteiger partial charge in [-0.15, -0.1) is 23.1 Å². The zero-order valence-corrected chi connectivity index (χ0v) is 11.6. The number of halogens is 2. The molecule has 0 saturated heterocycles. The summed E-state index contributed by atoms with van der Waals surface area (Å²) in [6, 6.07) is 6.53. The SMILES string of the molecule is CSc1ccc2c(Br)c(Br)sc2c1. The minimum absolute atomic E-state index is 1.17. The van der Waals surface area contributed by atoms with Crippen LogP contribution in [0, 0.1) is 0 Å². The molecule has 0 N–H and O–H groups in total. The van der Waals surface area contributed by atoms with Gasteiger partial charge in [0.1, 0.15) is 0 Å². The van der Waals surface area contributed by atoms with Crippen LogP contribution in [0.5, 0.6) is 0 Å². The van der Waals surface area contributed by atoms with Crippen LogP contribution in [0.1, 0.15) is 0 Å². The normalized spacial score (nSPS) is 11.0. The molecule has 0 aliphatic heterocycles. The molecule has 2 aromatic rings. The van der Waals surface area contributed by atoms with E-state index in [2.05, 4.69) is 56.3 Å². The van der Waals surface area contributed by atoms with Crippen molar-refractivity contribution in [1.29, 1.82) is 0 Å².